The van der Waals surface area contributed by atoms with Gasteiger partial charge in [0.15, 0.2) is 0 Å². The van der Waals surface area contributed by atoms with Crippen molar-refractivity contribution in [2.75, 3.05) is 19.6 Å². The Kier molecular flexibility index (Phi) is 6.15. The van der Waals surface area contributed by atoms with Gasteiger partial charge in [0.1, 0.15) is 5.01 Å². The van der Waals surface area contributed by atoms with Crippen molar-refractivity contribution in [1.82, 2.24) is 15.2 Å². The van der Waals surface area contributed by atoms with Crippen LogP contribution in [0.2, 0.25) is 0 Å². The van der Waals surface area contributed by atoms with Crippen molar-refractivity contribution in [3.8, 4) is 0 Å². The van der Waals surface area contributed by atoms with Crippen LogP contribution in [0.3, 0.4) is 0 Å². The highest BCUT2D eigenvalue weighted by atomic mass is 32.1. The molecule has 126 valence electrons. The van der Waals surface area contributed by atoms with Gasteiger partial charge < -0.3 is 5.32 Å². The first-order valence-corrected chi connectivity index (χ1v) is 9.29. The fourth-order valence-electron chi connectivity index (χ4n) is 3.07. The fourth-order valence-corrected chi connectivity index (χ4v) is 3.60. The molecule has 1 aliphatic rings. The van der Waals surface area contributed by atoms with Crippen LogP contribution in [0.1, 0.15) is 23.4 Å². The van der Waals surface area contributed by atoms with Crippen LogP contribution in [0.25, 0.3) is 6.08 Å². The standard InChI is InChI=1S/C19H23N3OS/c23-18(8-9-19-20-10-12-24-19)21-13-17-7-4-11-22(15-17)14-16-5-2-1-3-6-16/h1-3,5-6,8-10,12,17H,4,7,11,13-15H2,(H,21,23). The highest BCUT2D eigenvalue weighted by Gasteiger charge is 2.20. The van der Waals surface area contributed by atoms with Gasteiger partial charge >= 0.3 is 0 Å². The maximum Gasteiger partial charge on any atom is 0.244 e. The molecule has 1 amide bonds. The number of thiazole rings is 1. The summed E-state index contributed by atoms with van der Waals surface area (Å²) < 4.78 is 0. The van der Waals surface area contributed by atoms with E-state index in [-0.39, 0.29) is 5.91 Å². The third-order valence-corrected chi connectivity index (χ3v) is 4.99. The molecule has 0 aliphatic carbocycles. The van der Waals surface area contributed by atoms with Crippen LogP contribution in [-0.2, 0) is 11.3 Å². The number of piperidine rings is 1. The largest absolute Gasteiger partial charge is 0.352 e. The topological polar surface area (TPSA) is 45.2 Å². The summed E-state index contributed by atoms with van der Waals surface area (Å²) in [6.45, 7) is 3.93. The first-order chi connectivity index (χ1) is 11.8. The van der Waals surface area contributed by atoms with Gasteiger partial charge in [0.05, 0.1) is 0 Å². The number of hydrogen-bond acceptors (Lipinski definition) is 4. The molecule has 5 heteroatoms. The van der Waals surface area contributed by atoms with Crippen LogP contribution in [-0.4, -0.2) is 35.4 Å². The van der Waals surface area contributed by atoms with Crippen molar-refractivity contribution >= 4 is 23.3 Å². The van der Waals surface area contributed by atoms with Gasteiger partial charge in [-0.2, -0.15) is 0 Å². The molecular weight excluding hydrogens is 318 g/mol. The highest BCUT2D eigenvalue weighted by molar-refractivity contribution is 7.10. The molecule has 1 unspecified atom stereocenters. The zero-order valence-electron chi connectivity index (χ0n) is 13.7. The van der Waals surface area contributed by atoms with Gasteiger partial charge in [-0.3, -0.25) is 9.69 Å². The number of nitrogens with zero attached hydrogens (tertiary/aromatic N) is 2. The minimum absolute atomic E-state index is 0.0367. The van der Waals surface area contributed by atoms with E-state index in [2.05, 4.69) is 45.5 Å². The first-order valence-electron chi connectivity index (χ1n) is 8.41. The van der Waals surface area contributed by atoms with Gasteiger partial charge in [-0.05, 0) is 36.9 Å². The summed E-state index contributed by atoms with van der Waals surface area (Å²) in [6, 6.07) is 10.6. The molecule has 4 nitrogen and oxygen atoms in total. The summed E-state index contributed by atoms with van der Waals surface area (Å²) in [7, 11) is 0. The normalized spacial score (nSPS) is 18.8. The van der Waals surface area contributed by atoms with E-state index >= 15 is 0 Å². The van der Waals surface area contributed by atoms with Gasteiger partial charge in [0.2, 0.25) is 5.91 Å². The summed E-state index contributed by atoms with van der Waals surface area (Å²) in [4.78, 5) is 18.5. The number of rotatable bonds is 6. The molecule has 2 aromatic rings. The van der Waals surface area contributed by atoms with Gasteiger partial charge in [-0.15, -0.1) is 11.3 Å². The van der Waals surface area contributed by atoms with Crippen LogP contribution in [0.15, 0.2) is 48.0 Å². The monoisotopic (exact) mass is 341 g/mol. The quantitative estimate of drug-likeness (QED) is 0.821. The summed E-state index contributed by atoms with van der Waals surface area (Å²) in [5.41, 5.74) is 1.36. The third kappa shape index (κ3) is 5.28. The fraction of sp³-hybridized carbons (Fsp3) is 0.368. The molecule has 1 aliphatic heterocycles. The lowest BCUT2D eigenvalue weighted by molar-refractivity contribution is -0.116. The lowest BCUT2D eigenvalue weighted by Gasteiger charge is -2.32. The smallest absolute Gasteiger partial charge is 0.244 e. The maximum absolute atomic E-state index is 11.9. The molecule has 1 saturated heterocycles. The van der Waals surface area contributed by atoms with Gasteiger partial charge in [0.25, 0.3) is 0 Å². The Bertz CT molecular complexity index is 655. The Hall–Kier alpha value is -1.98. The number of likely N-dealkylation sites (tertiary alicyclic amines) is 1. The zero-order chi connectivity index (χ0) is 16.6. The van der Waals surface area contributed by atoms with E-state index in [1.807, 2.05) is 5.38 Å². The van der Waals surface area contributed by atoms with Gasteiger partial charge in [0, 0.05) is 37.3 Å². The van der Waals surface area contributed by atoms with Crippen molar-refractivity contribution in [2.24, 2.45) is 5.92 Å². The zero-order valence-corrected chi connectivity index (χ0v) is 14.5. The van der Waals surface area contributed by atoms with Gasteiger partial charge in [-0.1, -0.05) is 30.3 Å². The molecule has 1 aromatic heterocycles. The van der Waals surface area contributed by atoms with Crippen LogP contribution < -0.4 is 5.32 Å². The second kappa shape index (κ2) is 8.76. The Balaban J connectivity index is 1.43. The summed E-state index contributed by atoms with van der Waals surface area (Å²) in [6.07, 6.45) is 7.46. The van der Waals surface area contributed by atoms with Crippen molar-refractivity contribution in [2.45, 2.75) is 19.4 Å². The van der Waals surface area contributed by atoms with Crippen molar-refractivity contribution < 1.29 is 4.79 Å². The van der Waals surface area contributed by atoms with E-state index in [1.54, 1.807) is 18.3 Å². The average molecular weight is 341 g/mol. The summed E-state index contributed by atoms with van der Waals surface area (Å²) in [5.74, 6) is 0.491. The number of carbonyl (C=O) groups is 1. The lowest BCUT2D eigenvalue weighted by atomic mass is 9.97. The molecule has 3 rings (SSSR count). The Morgan fingerprint density at radius 1 is 1.38 bits per heavy atom. The van der Waals surface area contributed by atoms with Crippen LogP contribution in [0.4, 0.5) is 0 Å². The van der Waals surface area contributed by atoms with Crippen LogP contribution >= 0.6 is 11.3 Å². The number of carbonyl (C=O) groups excluding carboxylic acids is 1. The number of benzene rings is 1. The lowest BCUT2D eigenvalue weighted by Crippen LogP contribution is -2.40. The molecule has 0 bridgehead atoms. The minimum atomic E-state index is -0.0367. The number of amides is 1. The summed E-state index contributed by atoms with van der Waals surface area (Å²) >= 11 is 1.53. The molecule has 1 aromatic carbocycles. The number of hydrogen-bond donors (Lipinski definition) is 1. The Labute approximate surface area is 147 Å². The van der Waals surface area contributed by atoms with E-state index in [0.29, 0.717) is 5.92 Å². The molecule has 1 atom stereocenters. The second-order valence-corrected chi connectivity index (χ2v) is 7.10. The Morgan fingerprint density at radius 3 is 3.04 bits per heavy atom. The maximum atomic E-state index is 11.9. The predicted molar refractivity (Wildman–Crippen MR) is 98.6 cm³/mol. The van der Waals surface area contributed by atoms with Crippen LogP contribution in [0, 0.1) is 5.92 Å². The number of aromatic nitrogens is 1. The molecule has 1 fully saturated rings. The van der Waals surface area contributed by atoms with Crippen molar-refractivity contribution in [3.05, 3.63) is 58.6 Å². The molecule has 1 N–H and O–H groups in total. The van der Waals surface area contributed by atoms with Crippen LogP contribution in [0.5, 0.6) is 0 Å². The molecular formula is C19H23N3OS. The first kappa shape index (κ1) is 16.9. The summed E-state index contributed by atoms with van der Waals surface area (Å²) in [5, 5.41) is 5.79. The highest BCUT2D eigenvalue weighted by Crippen LogP contribution is 2.18. The minimum Gasteiger partial charge on any atom is -0.352 e. The average Bonchev–Trinajstić information content (AvgIpc) is 3.13. The molecule has 2 heterocycles. The van der Waals surface area contributed by atoms with Crippen molar-refractivity contribution in [3.63, 3.8) is 0 Å². The number of nitrogens with one attached hydrogen (secondary N) is 1. The molecule has 0 spiro atoms. The van der Waals surface area contributed by atoms with Crippen molar-refractivity contribution in [1.29, 1.82) is 0 Å². The second-order valence-electron chi connectivity index (χ2n) is 6.18. The molecule has 0 saturated carbocycles. The van der Waals surface area contributed by atoms with E-state index in [9.17, 15) is 4.79 Å². The third-order valence-electron chi connectivity index (χ3n) is 4.25. The predicted octanol–water partition coefficient (Wildman–Crippen LogP) is 3.18. The van der Waals surface area contributed by atoms with E-state index < -0.39 is 0 Å². The van der Waals surface area contributed by atoms with Gasteiger partial charge in [-0.25, -0.2) is 4.98 Å². The SMILES string of the molecule is O=C(C=Cc1nccs1)NCC1CCCN(Cc2ccccc2)C1. The Morgan fingerprint density at radius 2 is 2.25 bits per heavy atom. The van der Waals surface area contributed by atoms with E-state index in [0.717, 1.165) is 31.2 Å². The molecule has 0 radical (unpaired) electrons. The van der Waals surface area contributed by atoms with E-state index in [4.69, 9.17) is 0 Å². The van der Waals surface area contributed by atoms with E-state index in [1.165, 1.54) is 29.7 Å². The molecule has 24 heavy (non-hydrogen) atoms.